The van der Waals surface area contributed by atoms with Gasteiger partial charge in [0.25, 0.3) is 0 Å². The first-order valence-electron chi connectivity index (χ1n) is 5.09. The van der Waals surface area contributed by atoms with Crippen molar-refractivity contribution in [3.63, 3.8) is 0 Å². The maximum atomic E-state index is 9.75. The first-order valence-corrected chi connectivity index (χ1v) is 5.09. The number of hydrogen-bond donors (Lipinski definition) is 2. The summed E-state index contributed by atoms with van der Waals surface area (Å²) in [6.45, 7) is 1.61. The Balaban J connectivity index is 2.20. The summed E-state index contributed by atoms with van der Waals surface area (Å²) in [7, 11) is 0. The van der Waals surface area contributed by atoms with Gasteiger partial charge in [0, 0.05) is 0 Å². The standard InChI is InChI=1S/C11H15NO3/c12-4-3-9(13)8-1-2-10-11(7-8)15-6-5-14-10/h1-2,7,9,13H,3-6,12H2/t9-/m1/s1. The van der Waals surface area contributed by atoms with E-state index in [1.54, 1.807) is 0 Å². The second-order valence-corrected chi connectivity index (χ2v) is 3.50. The second kappa shape index (κ2) is 4.51. The number of aliphatic hydroxyl groups is 1. The van der Waals surface area contributed by atoms with Crippen LogP contribution in [0.4, 0.5) is 0 Å². The number of ether oxygens (including phenoxy) is 2. The Morgan fingerprint density at radius 1 is 1.27 bits per heavy atom. The summed E-state index contributed by atoms with van der Waals surface area (Å²) in [5.74, 6) is 1.44. The topological polar surface area (TPSA) is 64.7 Å². The molecule has 0 saturated carbocycles. The minimum atomic E-state index is -0.522. The van der Waals surface area contributed by atoms with E-state index < -0.39 is 6.10 Å². The number of rotatable bonds is 3. The van der Waals surface area contributed by atoms with E-state index in [-0.39, 0.29) is 0 Å². The van der Waals surface area contributed by atoms with Gasteiger partial charge in [-0.3, -0.25) is 0 Å². The normalized spacial score (nSPS) is 16.1. The van der Waals surface area contributed by atoms with Crippen molar-refractivity contribution in [2.75, 3.05) is 19.8 Å². The van der Waals surface area contributed by atoms with Gasteiger partial charge in [0.05, 0.1) is 6.10 Å². The molecular weight excluding hydrogens is 194 g/mol. The molecule has 15 heavy (non-hydrogen) atoms. The molecule has 0 radical (unpaired) electrons. The molecule has 0 aromatic heterocycles. The van der Waals surface area contributed by atoms with Crippen LogP contribution in [0.1, 0.15) is 18.1 Å². The average molecular weight is 209 g/mol. The molecule has 0 saturated heterocycles. The van der Waals surface area contributed by atoms with Crippen LogP contribution >= 0.6 is 0 Å². The van der Waals surface area contributed by atoms with Crippen LogP contribution in [0.5, 0.6) is 11.5 Å². The molecule has 1 aromatic carbocycles. The fourth-order valence-electron chi connectivity index (χ4n) is 1.59. The Hall–Kier alpha value is -1.26. The van der Waals surface area contributed by atoms with E-state index in [2.05, 4.69) is 0 Å². The fraction of sp³-hybridized carbons (Fsp3) is 0.455. The van der Waals surface area contributed by atoms with Crippen LogP contribution in [-0.2, 0) is 0 Å². The maximum Gasteiger partial charge on any atom is 0.161 e. The molecule has 1 aliphatic rings. The van der Waals surface area contributed by atoms with Crippen LogP contribution < -0.4 is 15.2 Å². The van der Waals surface area contributed by atoms with Gasteiger partial charge in [-0.25, -0.2) is 0 Å². The molecular formula is C11H15NO3. The Labute approximate surface area is 88.6 Å². The monoisotopic (exact) mass is 209 g/mol. The Morgan fingerprint density at radius 3 is 2.73 bits per heavy atom. The van der Waals surface area contributed by atoms with E-state index in [1.165, 1.54) is 0 Å². The zero-order valence-electron chi connectivity index (χ0n) is 8.48. The van der Waals surface area contributed by atoms with Crippen LogP contribution in [0.2, 0.25) is 0 Å². The minimum absolute atomic E-state index is 0.468. The quantitative estimate of drug-likeness (QED) is 0.774. The lowest BCUT2D eigenvalue weighted by molar-refractivity contribution is 0.161. The smallest absolute Gasteiger partial charge is 0.161 e. The summed E-state index contributed by atoms with van der Waals surface area (Å²) in [4.78, 5) is 0. The molecule has 0 bridgehead atoms. The van der Waals surface area contributed by atoms with Crippen molar-refractivity contribution < 1.29 is 14.6 Å². The molecule has 0 unspecified atom stereocenters. The first kappa shape index (κ1) is 10.3. The summed E-state index contributed by atoms with van der Waals surface area (Å²) in [5.41, 5.74) is 6.21. The lowest BCUT2D eigenvalue weighted by Crippen LogP contribution is -2.16. The van der Waals surface area contributed by atoms with Crippen LogP contribution in [-0.4, -0.2) is 24.9 Å². The van der Waals surface area contributed by atoms with Crippen LogP contribution in [0.25, 0.3) is 0 Å². The molecule has 0 spiro atoms. The molecule has 3 N–H and O–H groups in total. The molecule has 4 nitrogen and oxygen atoms in total. The molecule has 1 atom stereocenters. The van der Waals surface area contributed by atoms with Crippen molar-refractivity contribution in [3.8, 4) is 11.5 Å². The van der Waals surface area contributed by atoms with E-state index in [1.807, 2.05) is 18.2 Å². The number of fused-ring (bicyclic) bond motifs is 1. The van der Waals surface area contributed by atoms with Crippen LogP contribution in [0.3, 0.4) is 0 Å². The Morgan fingerprint density at radius 2 is 2.00 bits per heavy atom. The summed E-state index contributed by atoms with van der Waals surface area (Å²) >= 11 is 0. The fourth-order valence-corrected chi connectivity index (χ4v) is 1.59. The van der Waals surface area contributed by atoms with Gasteiger partial charge in [-0.2, -0.15) is 0 Å². The van der Waals surface area contributed by atoms with Gasteiger partial charge in [-0.15, -0.1) is 0 Å². The molecule has 4 heteroatoms. The highest BCUT2D eigenvalue weighted by molar-refractivity contribution is 5.44. The lowest BCUT2D eigenvalue weighted by Gasteiger charge is -2.20. The number of hydrogen-bond acceptors (Lipinski definition) is 4. The zero-order valence-corrected chi connectivity index (χ0v) is 8.48. The number of aliphatic hydroxyl groups excluding tert-OH is 1. The highest BCUT2D eigenvalue weighted by Gasteiger charge is 2.14. The second-order valence-electron chi connectivity index (χ2n) is 3.50. The van der Waals surface area contributed by atoms with Gasteiger partial charge in [0.2, 0.25) is 0 Å². The van der Waals surface area contributed by atoms with E-state index in [0.717, 1.165) is 11.3 Å². The SMILES string of the molecule is NCC[C@@H](O)c1ccc2c(c1)OCCO2. The highest BCUT2D eigenvalue weighted by Crippen LogP contribution is 2.33. The van der Waals surface area contributed by atoms with Crippen molar-refractivity contribution in [2.45, 2.75) is 12.5 Å². The largest absolute Gasteiger partial charge is 0.486 e. The third kappa shape index (κ3) is 2.22. The van der Waals surface area contributed by atoms with Crippen molar-refractivity contribution in [1.29, 1.82) is 0 Å². The molecule has 2 rings (SSSR count). The summed E-state index contributed by atoms with van der Waals surface area (Å²) in [6, 6.07) is 5.48. The summed E-state index contributed by atoms with van der Waals surface area (Å²) < 4.78 is 10.8. The number of benzene rings is 1. The predicted octanol–water partition coefficient (Wildman–Crippen LogP) is 0.840. The van der Waals surface area contributed by atoms with Crippen LogP contribution in [0.15, 0.2) is 18.2 Å². The summed E-state index contributed by atoms with van der Waals surface area (Å²) in [5, 5.41) is 9.75. The van der Waals surface area contributed by atoms with Crippen molar-refractivity contribution in [2.24, 2.45) is 5.73 Å². The maximum absolute atomic E-state index is 9.75. The Bertz CT molecular complexity index is 341. The van der Waals surface area contributed by atoms with E-state index in [4.69, 9.17) is 15.2 Å². The van der Waals surface area contributed by atoms with Crippen LogP contribution in [0, 0.1) is 0 Å². The molecule has 82 valence electrons. The van der Waals surface area contributed by atoms with E-state index in [9.17, 15) is 5.11 Å². The van der Waals surface area contributed by atoms with Gasteiger partial charge < -0.3 is 20.3 Å². The van der Waals surface area contributed by atoms with Gasteiger partial charge in [-0.1, -0.05) is 6.07 Å². The Kier molecular flexibility index (Phi) is 3.08. The van der Waals surface area contributed by atoms with Crippen molar-refractivity contribution in [1.82, 2.24) is 0 Å². The van der Waals surface area contributed by atoms with Gasteiger partial charge in [-0.05, 0) is 30.7 Å². The third-order valence-corrected chi connectivity index (χ3v) is 2.39. The molecule has 1 aliphatic heterocycles. The summed E-state index contributed by atoms with van der Waals surface area (Å²) in [6.07, 6.45) is 0.0328. The average Bonchev–Trinajstić information content (AvgIpc) is 2.29. The predicted molar refractivity (Wildman–Crippen MR) is 56.1 cm³/mol. The van der Waals surface area contributed by atoms with Crippen molar-refractivity contribution >= 4 is 0 Å². The van der Waals surface area contributed by atoms with Gasteiger partial charge in [0.1, 0.15) is 13.2 Å². The molecule has 1 aromatic rings. The molecule has 0 fully saturated rings. The molecule has 0 aliphatic carbocycles. The zero-order chi connectivity index (χ0) is 10.7. The minimum Gasteiger partial charge on any atom is -0.486 e. The molecule has 0 amide bonds. The lowest BCUT2D eigenvalue weighted by atomic mass is 10.1. The van der Waals surface area contributed by atoms with E-state index >= 15 is 0 Å². The van der Waals surface area contributed by atoms with Gasteiger partial charge in [0.15, 0.2) is 11.5 Å². The highest BCUT2D eigenvalue weighted by atomic mass is 16.6. The number of nitrogens with two attached hydrogens (primary N) is 1. The van der Waals surface area contributed by atoms with Gasteiger partial charge >= 0.3 is 0 Å². The third-order valence-electron chi connectivity index (χ3n) is 2.39. The van der Waals surface area contributed by atoms with E-state index in [0.29, 0.717) is 31.9 Å². The van der Waals surface area contributed by atoms with Crippen molar-refractivity contribution in [3.05, 3.63) is 23.8 Å². The first-order chi connectivity index (χ1) is 7.31. The molecule has 1 heterocycles.